The number of carboxylic acids is 1. The van der Waals surface area contributed by atoms with Gasteiger partial charge in [0.15, 0.2) is 11.6 Å². The number of benzene rings is 3. The van der Waals surface area contributed by atoms with Gasteiger partial charge in [-0.25, -0.2) is 18.6 Å². The molecule has 0 aliphatic carbocycles. The third kappa shape index (κ3) is 3.48. The number of fused-ring (bicyclic) bond motifs is 1. The molecule has 1 N–H and O–H groups in total. The molecule has 4 aromatic rings. The Balaban J connectivity index is 1.95. The van der Waals surface area contributed by atoms with Gasteiger partial charge in [-0.1, -0.05) is 30.3 Å². The number of carbonyl (C=O) groups is 1. The topological polar surface area (TPSA) is 59.4 Å². The van der Waals surface area contributed by atoms with Crippen LogP contribution in [0.1, 0.15) is 17.3 Å². The fourth-order valence-corrected chi connectivity index (χ4v) is 3.40. The van der Waals surface area contributed by atoms with Crippen molar-refractivity contribution in [3.8, 4) is 28.1 Å². The van der Waals surface area contributed by atoms with Crippen LogP contribution in [0.3, 0.4) is 0 Å². The van der Waals surface area contributed by atoms with E-state index in [1.54, 1.807) is 19.1 Å². The zero-order valence-corrected chi connectivity index (χ0v) is 16.0. The zero-order chi connectivity index (χ0) is 21.3. The Hall–Kier alpha value is -3.80. The van der Waals surface area contributed by atoms with E-state index in [1.807, 2.05) is 30.3 Å². The third-order valence-corrected chi connectivity index (χ3v) is 4.75. The number of hydrogen-bond acceptors (Lipinski definition) is 3. The summed E-state index contributed by atoms with van der Waals surface area (Å²) in [4.78, 5) is 16.1. The molecule has 150 valence electrons. The van der Waals surface area contributed by atoms with Crippen molar-refractivity contribution in [3.63, 3.8) is 0 Å². The quantitative estimate of drug-likeness (QED) is 0.446. The first-order valence-electron chi connectivity index (χ1n) is 9.34. The smallest absolute Gasteiger partial charge is 0.336 e. The van der Waals surface area contributed by atoms with Gasteiger partial charge in [0, 0.05) is 16.5 Å². The lowest BCUT2D eigenvalue weighted by molar-refractivity contribution is 0.0699. The van der Waals surface area contributed by atoms with E-state index in [2.05, 4.69) is 4.98 Å². The molecule has 0 fully saturated rings. The summed E-state index contributed by atoms with van der Waals surface area (Å²) in [6.45, 7) is 2.01. The van der Waals surface area contributed by atoms with Crippen LogP contribution < -0.4 is 4.74 Å². The van der Waals surface area contributed by atoms with Crippen LogP contribution in [0.2, 0.25) is 0 Å². The average molecular weight is 405 g/mol. The molecule has 0 saturated heterocycles. The molecule has 30 heavy (non-hydrogen) atoms. The molecular weight excluding hydrogens is 388 g/mol. The van der Waals surface area contributed by atoms with Crippen molar-refractivity contribution < 1.29 is 23.4 Å². The van der Waals surface area contributed by atoms with Gasteiger partial charge in [-0.3, -0.25) is 0 Å². The molecule has 0 bridgehead atoms. The maximum absolute atomic E-state index is 15.5. The Morgan fingerprint density at radius 1 is 1.00 bits per heavy atom. The summed E-state index contributed by atoms with van der Waals surface area (Å²) in [6.07, 6.45) is 0. The van der Waals surface area contributed by atoms with Crippen LogP contribution in [-0.2, 0) is 0 Å². The van der Waals surface area contributed by atoms with Gasteiger partial charge in [0.1, 0.15) is 5.82 Å². The van der Waals surface area contributed by atoms with Crippen molar-refractivity contribution in [2.75, 3.05) is 6.61 Å². The summed E-state index contributed by atoms with van der Waals surface area (Å²) < 4.78 is 34.7. The summed E-state index contributed by atoms with van der Waals surface area (Å²) in [5.74, 6) is -2.39. The highest BCUT2D eigenvalue weighted by Crippen LogP contribution is 2.38. The fraction of sp³-hybridized carbons (Fsp3) is 0.0833. The van der Waals surface area contributed by atoms with E-state index in [9.17, 15) is 14.3 Å². The molecule has 6 heteroatoms. The monoisotopic (exact) mass is 405 g/mol. The Kier molecular flexibility index (Phi) is 5.14. The van der Waals surface area contributed by atoms with E-state index in [4.69, 9.17) is 4.74 Å². The number of hydrogen-bond donors (Lipinski definition) is 1. The van der Waals surface area contributed by atoms with E-state index in [0.717, 1.165) is 11.6 Å². The average Bonchev–Trinajstić information content (AvgIpc) is 2.75. The number of aromatic nitrogens is 1. The second-order valence-electron chi connectivity index (χ2n) is 6.62. The van der Waals surface area contributed by atoms with Crippen LogP contribution in [0.15, 0.2) is 66.7 Å². The van der Waals surface area contributed by atoms with Gasteiger partial charge in [0.25, 0.3) is 0 Å². The first-order valence-corrected chi connectivity index (χ1v) is 9.34. The molecule has 0 aliphatic rings. The van der Waals surface area contributed by atoms with Crippen LogP contribution in [0.25, 0.3) is 33.3 Å². The molecule has 4 rings (SSSR count). The number of carboxylic acid groups (broad SMARTS) is 1. The second kappa shape index (κ2) is 7.91. The third-order valence-electron chi connectivity index (χ3n) is 4.75. The van der Waals surface area contributed by atoms with Gasteiger partial charge in [0.05, 0.1) is 23.4 Å². The molecule has 0 atom stereocenters. The predicted octanol–water partition coefficient (Wildman–Crippen LogP) is 5.94. The Morgan fingerprint density at radius 2 is 1.73 bits per heavy atom. The minimum Gasteiger partial charge on any atom is -0.490 e. The van der Waals surface area contributed by atoms with E-state index in [-0.39, 0.29) is 40.1 Å². The zero-order valence-electron chi connectivity index (χ0n) is 16.0. The molecule has 1 aromatic heterocycles. The summed E-state index contributed by atoms with van der Waals surface area (Å²) in [5, 5.41) is 9.73. The minimum absolute atomic E-state index is 0.0686. The molecule has 3 aromatic carbocycles. The molecule has 0 aliphatic heterocycles. The highest BCUT2D eigenvalue weighted by molar-refractivity contribution is 6.03. The summed E-state index contributed by atoms with van der Waals surface area (Å²) in [7, 11) is 0. The lowest BCUT2D eigenvalue weighted by Gasteiger charge is -2.15. The SMILES string of the molecule is CCOc1c(-c2ccccc2)ccc(-c2cc(C(=O)O)c3cc(F)ccc3n2)c1F. The number of aromatic carboxylic acids is 1. The van der Waals surface area contributed by atoms with E-state index >= 15 is 4.39 Å². The maximum atomic E-state index is 15.5. The predicted molar refractivity (Wildman–Crippen MR) is 111 cm³/mol. The molecular formula is C24H17F2NO3. The van der Waals surface area contributed by atoms with Crippen molar-refractivity contribution >= 4 is 16.9 Å². The molecule has 0 saturated carbocycles. The molecule has 0 unspecified atom stereocenters. The number of nitrogens with zero attached hydrogens (tertiary/aromatic N) is 1. The van der Waals surface area contributed by atoms with Crippen LogP contribution in [0.4, 0.5) is 8.78 Å². The number of ether oxygens (including phenoxy) is 1. The Labute approximate surface area is 171 Å². The molecule has 4 nitrogen and oxygen atoms in total. The normalized spacial score (nSPS) is 10.9. The first-order chi connectivity index (χ1) is 14.5. The maximum Gasteiger partial charge on any atom is 0.336 e. The van der Waals surface area contributed by atoms with Gasteiger partial charge < -0.3 is 9.84 Å². The standard InChI is InChI=1S/C24H17F2NO3/c1-2-30-23-16(14-6-4-3-5-7-14)9-10-17(22(23)26)21-13-19(24(28)29)18-12-15(25)8-11-20(18)27-21/h3-13H,2H2,1H3,(H,28,29). The summed E-state index contributed by atoms with van der Waals surface area (Å²) >= 11 is 0. The Morgan fingerprint density at radius 3 is 2.43 bits per heavy atom. The highest BCUT2D eigenvalue weighted by atomic mass is 19.1. The second-order valence-corrected chi connectivity index (χ2v) is 6.62. The molecule has 0 amide bonds. The molecule has 0 radical (unpaired) electrons. The van der Waals surface area contributed by atoms with Crippen molar-refractivity contribution in [1.82, 2.24) is 4.98 Å². The lowest BCUT2D eigenvalue weighted by Crippen LogP contribution is -2.03. The molecule has 1 heterocycles. The van der Waals surface area contributed by atoms with Crippen LogP contribution in [0, 0.1) is 11.6 Å². The highest BCUT2D eigenvalue weighted by Gasteiger charge is 2.20. The summed E-state index contributed by atoms with van der Waals surface area (Å²) in [6, 6.07) is 17.4. The van der Waals surface area contributed by atoms with Crippen molar-refractivity contribution in [2.24, 2.45) is 0 Å². The van der Waals surface area contributed by atoms with E-state index < -0.39 is 17.6 Å². The van der Waals surface area contributed by atoms with E-state index in [0.29, 0.717) is 5.56 Å². The lowest BCUT2D eigenvalue weighted by atomic mass is 9.99. The summed E-state index contributed by atoms with van der Waals surface area (Å²) in [5.41, 5.74) is 1.71. The van der Waals surface area contributed by atoms with E-state index in [1.165, 1.54) is 18.2 Å². The van der Waals surface area contributed by atoms with Crippen LogP contribution in [0.5, 0.6) is 5.75 Å². The largest absolute Gasteiger partial charge is 0.490 e. The van der Waals surface area contributed by atoms with Gasteiger partial charge in [0.2, 0.25) is 0 Å². The van der Waals surface area contributed by atoms with Crippen molar-refractivity contribution in [3.05, 3.63) is 83.9 Å². The minimum atomic E-state index is -1.25. The van der Waals surface area contributed by atoms with Gasteiger partial charge in [-0.05, 0) is 48.9 Å². The van der Waals surface area contributed by atoms with Crippen LogP contribution >= 0.6 is 0 Å². The number of pyridine rings is 1. The van der Waals surface area contributed by atoms with Gasteiger partial charge >= 0.3 is 5.97 Å². The van der Waals surface area contributed by atoms with Gasteiger partial charge in [-0.15, -0.1) is 0 Å². The Bertz CT molecular complexity index is 1260. The van der Waals surface area contributed by atoms with Crippen molar-refractivity contribution in [1.29, 1.82) is 0 Å². The van der Waals surface area contributed by atoms with Crippen LogP contribution in [-0.4, -0.2) is 22.7 Å². The fourth-order valence-electron chi connectivity index (χ4n) is 3.40. The van der Waals surface area contributed by atoms with Crippen molar-refractivity contribution in [2.45, 2.75) is 6.92 Å². The number of rotatable bonds is 5. The first kappa shape index (κ1) is 19.5. The van der Waals surface area contributed by atoms with Gasteiger partial charge in [-0.2, -0.15) is 0 Å². The number of halogens is 2. The molecule has 0 spiro atoms.